The van der Waals surface area contributed by atoms with Crippen LogP contribution in [-0.2, 0) is 4.79 Å². The number of nitrogens with zero attached hydrogens (tertiary/aromatic N) is 3. The van der Waals surface area contributed by atoms with Crippen molar-refractivity contribution in [1.29, 1.82) is 0 Å². The second kappa shape index (κ2) is 11.1. The van der Waals surface area contributed by atoms with Crippen molar-refractivity contribution in [3.8, 4) is 0 Å². The highest BCUT2D eigenvalue weighted by Crippen LogP contribution is 2.20. The van der Waals surface area contributed by atoms with E-state index in [1.807, 2.05) is 35.2 Å². The predicted octanol–water partition coefficient (Wildman–Crippen LogP) is 2.72. The number of hydrogen-bond acceptors (Lipinski definition) is 6. The number of azo groups is 1. The first-order valence-corrected chi connectivity index (χ1v) is 8.52. The first kappa shape index (κ1) is 19.7. The average Bonchev–Trinajstić information content (AvgIpc) is 2.67. The molecule has 0 aliphatic carbocycles. The second-order valence-corrected chi connectivity index (χ2v) is 5.67. The SMILES string of the molecule is O=C(CCN(CCO)CCO)Nc1ccc(N=Nc2ccccc2)cc1. The van der Waals surface area contributed by atoms with Crippen molar-refractivity contribution in [2.24, 2.45) is 10.2 Å². The lowest BCUT2D eigenvalue weighted by Gasteiger charge is -2.19. The van der Waals surface area contributed by atoms with Crippen molar-refractivity contribution >= 4 is 23.0 Å². The Morgan fingerprint density at radius 1 is 0.846 bits per heavy atom. The minimum absolute atomic E-state index is 0.000611. The van der Waals surface area contributed by atoms with Crippen LogP contribution in [0.4, 0.5) is 17.1 Å². The minimum Gasteiger partial charge on any atom is -0.395 e. The molecule has 0 aromatic heterocycles. The van der Waals surface area contributed by atoms with E-state index in [4.69, 9.17) is 10.2 Å². The molecular formula is C19H24N4O3. The van der Waals surface area contributed by atoms with Crippen LogP contribution < -0.4 is 5.32 Å². The number of aliphatic hydroxyl groups is 2. The zero-order valence-electron chi connectivity index (χ0n) is 14.6. The van der Waals surface area contributed by atoms with Crippen LogP contribution in [0.1, 0.15) is 6.42 Å². The summed E-state index contributed by atoms with van der Waals surface area (Å²) in [5.41, 5.74) is 2.16. The third-order valence-electron chi connectivity index (χ3n) is 3.68. The molecule has 0 saturated heterocycles. The van der Waals surface area contributed by atoms with Gasteiger partial charge in [0.05, 0.1) is 24.6 Å². The van der Waals surface area contributed by atoms with Crippen LogP contribution in [0.2, 0.25) is 0 Å². The van der Waals surface area contributed by atoms with Crippen LogP contribution in [0.15, 0.2) is 64.8 Å². The van der Waals surface area contributed by atoms with Gasteiger partial charge < -0.3 is 15.5 Å². The summed E-state index contributed by atoms with van der Waals surface area (Å²) in [5.74, 6) is -0.121. The van der Waals surface area contributed by atoms with Crippen molar-refractivity contribution in [2.45, 2.75) is 6.42 Å². The van der Waals surface area contributed by atoms with Gasteiger partial charge in [-0.1, -0.05) is 18.2 Å². The number of hydrogen-bond donors (Lipinski definition) is 3. The number of carbonyl (C=O) groups is 1. The molecule has 0 unspecified atom stereocenters. The molecule has 7 nitrogen and oxygen atoms in total. The highest BCUT2D eigenvalue weighted by atomic mass is 16.3. The first-order valence-electron chi connectivity index (χ1n) is 8.52. The number of anilines is 1. The molecule has 138 valence electrons. The van der Waals surface area contributed by atoms with Crippen molar-refractivity contribution < 1.29 is 15.0 Å². The second-order valence-electron chi connectivity index (χ2n) is 5.67. The third kappa shape index (κ3) is 7.10. The monoisotopic (exact) mass is 356 g/mol. The molecule has 0 heterocycles. The standard InChI is InChI=1S/C19H24N4O3/c24-14-12-23(13-15-25)11-10-19(26)20-16-6-8-18(9-7-16)22-21-17-4-2-1-3-5-17/h1-9,24-25H,10-15H2,(H,20,26). The molecule has 2 rings (SSSR count). The smallest absolute Gasteiger partial charge is 0.225 e. The lowest BCUT2D eigenvalue weighted by molar-refractivity contribution is -0.116. The Morgan fingerprint density at radius 3 is 2.00 bits per heavy atom. The fourth-order valence-electron chi connectivity index (χ4n) is 2.32. The molecular weight excluding hydrogens is 332 g/mol. The zero-order valence-corrected chi connectivity index (χ0v) is 14.6. The summed E-state index contributed by atoms with van der Waals surface area (Å²) in [6.45, 7) is 1.36. The van der Waals surface area contributed by atoms with Crippen LogP contribution in [0.25, 0.3) is 0 Å². The van der Waals surface area contributed by atoms with Gasteiger partial charge in [-0.15, -0.1) is 0 Å². The first-order chi connectivity index (χ1) is 12.7. The van der Waals surface area contributed by atoms with E-state index in [1.54, 1.807) is 24.3 Å². The molecule has 0 aliphatic heterocycles. The van der Waals surface area contributed by atoms with Gasteiger partial charge in [-0.2, -0.15) is 10.2 Å². The largest absolute Gasteiger partial charge is 0.395 e. The average molecular weight is 356 g/mol. The zero-order chi connectivity index (χ0) is 18.6. The lowest BCUT2D eigenvalue weighted by atomic mass is 10.2. The Labute approximate surface area is 153 Å². The molecule has 0 saturated carbocycles. The van der Waals surface area contributed by atoms with Crippen LogP contribution in [0.5, 0.6) is 0 Å². The minimum atomic E-state index is -0.121. The van der Waals surface area contributed by atoms with Gasteiger partial charge in [-0.25, -0.2) is 0 Å². The van der Waals surface area contributed by atoms with Gasteiger partial charge in [-0.3, -0.25) is 9.69 Å². The summed E-state index contributed by atoms with van der Waals surface area (Å²) < 4.78 is 0. The number of amides is 1. The predicted molar refractivity (Wildman–Crippen MR) is 101 cm³/mol. The molecule has 2 aromatic rings. The van der Waals surface area contributed by atoms with Gasteiger partial charge in [-0.05, 0) is 36.4 Å². The molecule has 1 amide bonds. The maximum Gasteiger partial charge on any atom is 0.225 e. The highest BCUT2D eigenvalue weighted by Gasteiger charge is 2.08. The Kier molecular flexibility index (Phi) is 8.41. The van der Waals surface area contributed by atoms with Gasteiger partial charge in [0.1, 0.15) is 0 Å². The van der Waals surface area contributed by atoms with E-state index < -0.39 is 0 Å². The molecule has 3 N–H and O–H groups in total. The van der Waals surface area contributed by atoms with Crippen LogP contribution >= 0.6 is 0 Å². The Balaban J connectivity index is 1.82. The third-order valence-corrected chi connectivity index (χ3v) is 3.68. The van der Waals surface area contributed by atoms with Crippen LogP contribution in [-0.4, -0.2) is 53.9 Å². The number of carbonyl (C=O) groups excluding carboxylic acids is 1. The molecule has 0 radical (unpaired) electrons. The Morgan fingerprint density at radius 2 is 1.42 bits per heavy atom. The molecule has 7 heteroatoms. The van der Waals surface area contributed by atoms with E-state index in [2.05, 4.69) is 15.5 Å². The lowest BCUT2D eigenvalue weighted by Crippen LogP contribution is -2.32. The van der Waals surface area contributed by atoms with Gasteiger partial charge in [0.2, 0.25) is 5.91 Å². The number of rotatable bonds is 10. The molecule has 0 spiro atoms. The van der Waals surface area contributed by atoms with Gasteiger partial charge in [0, 0.05) is 31.7 Å². The summed E-state index contributed by atoms with van der Waals surface area (Å²) in [6.07, 6.45) is 0.287. The summed E-state index contributed by atoms with van der Waals surface area (Å²) >= 11 is 0. The Bertz CT molecular complexity index is 684. The van der Waals surface area contributed by atoms with Gasteiger partial charge in [0.25, 0.3) is 0 Å². The van der Waals surface area contributed by atoms with E-state index in [9.17, 15) is 4.79 Å². The number of nitrogens with one attached hydrogen (secondary N) is 1. The number of benzene rings is 2. The fraction of sp³-hybridized carbons (Fsp3) is 0.316. The quantitative estimate of drug-likeness (QED) is 0.570. The number of aliphatic hydroxyl groups excluding tert-OH is 2. The van der Waals surface area contributed by atoms with Crippen molar-refractivity contribution in [3.05, 3.63) is 54.6 Å². The molecule has 0 fully saturated rings. The van der Waals surface area contributed by atoms with E-state index >= 15 is 0 Å². The Hall–Kier alpha value is -2.61. The molecule has 26 heavy (non-hydrogen) atoms. The summed E-state index contributed by atoms with van der Waals surface area (Å²) in [6, 6.07) is 16.6. The maximum atomic E-state index is 12.0. The topological polar surface area (TPSA) is 97.5 Å². The summed E-state index contributed by atoms with van der Waals surface area (Å²) in [4.78, 5) is 13.9. The maximum absolute atomic E-state index is 12.0. The van der Waals surface area contributed by atoms with Crippen LogP contribution in [0, 0.1) is 0 Å². The highest BCUT2D eigenvalue weighted by molar-refractivity contribution is 5.90. The summed E-state index contributed by atoms with van der Waals surface area (Å²) in [7, 11) is 0. The molecule has 0 aliphatic rings. The summed E-state index contributed by atoms with van der Waals surface area (Å²) in [5, 5.41) is 29.0. The van der Waals surface area contributed by atoms with E-state index in [-0.39, 0.29) is 25.5 Å². The van der Waals surface area contributed by atoms with E-state index in [1.165, 1.54) is 0 Å². The van der Waals surface area contributed by atoms with Gasteiger partial charge >= 0.3 is 0 Å². The van der Waals surface area contributed by atoms with Crippen molar-refractivity contribution in [3.63, 3.8) is 0 Å². The van der Waals surface area contributed by atoms with Crippen LogP contribution in [0.3, 0.4) is 0 Å². The van der Waals surface area contributed by atoms with Gasteiger partial charge in [0.15, 0.2) is 0 Å². The van der Waals surface area contributed by atoms with Crippen molar-refractivity contribution in [1.82, 2.24) is 4.90 Å². The fourth-order valence-corrected chi connectivity index (χ4v) is 2.32. The van der Waals surface area contributed by atoms with Crippen molar-refractivity contribution in [2.75, 3.05) is 38.2 Å². The van der Waals surface area contributed by atoms with E-state index in [0.717, 1.165) is 5.69 Å². The molecule has 2 aromatic carbocycles. The molecule has 0 atom stereocenters. The normalized spacial score (nSPS) is 11.2. The molecule has 0 bridgehead atoms. The van der Waals surface area contributed by atoms with E-state index in [0.29, 0.717) is 31.0 Å².